The molecule has 0 radical (unpaired) electrons. The Labute approximate surface area is 160 Å². The molecule has 0 atom stereocenters. The minimum absolute atomic E-state index is 0.145. The van der Waals surface area contributed by atoms with Gasteiger partial charge in [-0.05, 0) is 29.8 Å². The molecule has 1 heterocycles. The SMILES string of the molecule is O=S(=O)(c1ccccc1Cl)N1CCN(Cc2ccc(F)cc2Br)CC1. The van der Waals surface area contributed by atoms with Gasteiger partial charge in [-0.3, -0.25) is 4.90 Å². The Morgan fingerprint density at radius 2 is 1.76 bits per heavy atom. The number of piperazine rings is 1. The molecule has 1 fully saturated rings. The highest BCUT2D eigenvalue weighted by atomic mass is 79.9. The van der Waals surface area contributed by atoms with Crippen LogP contribution in [0.3, 0.4) is 0 Å². The van der Waals surface area contributed by atoms with Crippen molar-refractivity contribution in [2.75, 3.05) is 26.2 Å². The van der Waals surface area contributed by atoms with Crippen molar-refractivity contribution in [3.63, 3.8) is 0 Å². The second kappa shape index (κ2) is 7.72. The summed E-state index contributed by atoms with van der Waals surface area (Å²) in [6.07, 6.45) is 0. The molecule has 2 aromatic carbocycles. The van der Waals surface area contributed by atoms with Crippen molar-refractivity contribution in [2.45, 2.75) is 11.4 Å². The van der Waals surface area contributed by atoms with E-state index < -0.39 is 10.0 Å². The molecule has 0 N–H and O–H groups in total. The van der Waals surface area contributed by atoms with E-state index in [4.69, 9.17) is 11.6 Å². The quantitative estimate of drug-likeness (QED) is 0.717. The van der Waals surface area contributed by atoms with Crippen molar-refractivity contribution in [3.05, 3.63) is 63.3 Å². The fourth-order valence-corrected chi connectivity index (χ4v) is 5.20. The van der Waals surface area contributed by atoms with E-state index in [9.17, 15) is 12.8 Å². The van der Waals surface area contributed by atoms with Gasteiger partial charge in [-0.2, -0.15) is 4.31 Å². The van der Waals surface area contributed by atoms with Gasteiger partial charge in [0.05, 0.1) is 5.02 Å². The summed E-state index contributed by atoms with van der Waals surface area (Å²) in [5, 5.41) is 0.236. The Bertz CT molecular complexity index is 871. The lowest BCUT2D eigenvalue weighted by Crippen LogP contribution is -2.48. The molecule has 4 nitrogen and oxygen atoms in total. The third-order valence-electron chi connectivity index (χ3n) is 4.19. The summed E-state index contributed by atoms with van der Waals surface area (Å²) in [6.45, 7) is 2.64. The Balaban J connectivity index is 1.66. The molecule has 0 spiro atoms. The van der Waals surface area contributed by atoms with Gasteiger partial charge in [0.15, 0.2) is 0 Å². The molecule has 0 amide bonds. The van der Waals surface area contributed by atoms with E-state index in [0.29, 0.717) is 32.7 Å². The molecule has 0 aromatic heterocycles. The van der Waals surface area contributed by atoms with E-state index in [2.05, 4.69) is 20.8 Å². The Kier molecular flexibility index (Phi) is 5.80. The zero-order chi connectivity index (χ0) is 18.0. The monoisotopic (exact) mass is 446 g/mol. The summed E-state index contributed by atoms with van der Waals surface area (Å²) in [4.78, 5) is 2.29. The average molecular weight is 448 g/mol. The van der Waals surface area contributed by atoms with E-state index >= 15 is 0 Å². The number of halogens is 3. The molecule has 25 heavy (non-hydrogen) atoms. The van der Waals surface area contributed by atoms with Crippen LogP contribution in [0.25, 0.3) is 0 Å². The summed E-state index contributed by atoms with van der Waals surface area (Å²) in [6, 6.07) is 11.1. The molecule has 1 aliphatic heterocycles. The van der Waals surface area contributed by atoms with Gasteiger partial charge in [0.25, 0.3) is 0 Å². The highest BCUT2D eigenvalue weighted by Crippen LogP contribution is 2.26. The minimum Gasteiger partial charge on any atom is -0.296 e. The van der Waals surface area contributed by atoms with Gasteiger partial charge in [-0.1, -0.05) is 45.7 Å². The molecule has 3 rings (SSSR count). The minimum atomic E-state index is -3.59. The largest absolute Gasteiger partial charge is 0.296 e. The number of nitrogens with zero attached hydrogens (tertiary/aromatic N) is 2. The second-order valence-corrected chi connectivity index (χ2v) is 9.01. The first-order chi connectivity index (χ1) is 11.9. The summed E-state index contributed by atoms with van der Waals surface area (Å²) in [5.41, 5.74) is 0.976. The standard InChI is InChI=1S/C17H17BrClFN2O2S/c18-15-11-14(20)6-5-13(15)12-21-7-9-22(10-8-21)25(23,24)17-4-2-1-3-16(17)19/h1-6,11H,7-10,12H2. The maximum Gasteiger partial charge on any atom is 0.244 e. The van der Waals surface area contributed by atoms with Crippen LogP contribution in [0, 0.1) is 5.82 Å². The Morgan fingerprint density at radius 3 is 2.40 bits per heavy atom. The van der Waals surface area contributed by atoms with Crippen molar-refractivity contribution < 1.29 is 12.8 Å². The number of hydrogen-bond donors (Lipinski definition) is 0. The zero-order valence-corrected chi connectivity index (χ0v) is 16.5. The Hall–Kier alpha value is -0.990. The van der Waals surface area contributed by atoms with Gasteiger partial charge in [-0.25, -0.2) is 12.8 Å². The number of sulfonamides is 1. The maximum absolute atomic E-state index is 13.2. The topological polar surface area (TPSA) is 40.6 Å². The summed E-state index contributed by atoms with van der Waals surface area (Å²) >= 11 is 9.41. The lowest BCUT2D eigenvalue weighted by atomic mass is 10.2. The molecule has 0 unspecified atom stereocenters. The molecule has 1 aliphatic rings. The number of benzene rings is 2. The van der Waals surface area contributed by atoms with Crippen molar-refractivity contribution in [1.82, 2.24) is 9.21 Å². The molecule has 8 heteroatoms. The van der Waals surface area contributed by atoms with Gasteiger partial charge in [0.2, 0.25) is 10.0 Å². The molecule has 0 bridgehead atoms. The van der Waals surface area contributed by atoms with E-state index in [1.165, 1.54) is 22.5 Å². The van der Waals surface area contributed by atoms with Gasteiger partial charge in [0, 0.05) is 37.2 Å². The van der Waals surface area contributed by atoms with Crippen LogP contribution in [-0.4, -0.2) is 43.8 Å². The van der Waals surface area contributed by atoms with Crippen LogP contribution in [0.4, 0.5) is 4.39 Å². The van der Waals surface area contributed by atoms with Crippen LogP contribution in [-0.2, 0) is 16.6 Å². The predicted molar refractivity (Wildman–Crippen MR) is 99.6 cm³/mol. The lowest BCUT2D eigenvalue weighted by Gasteiger charge is -2.34. The first kappa shape index (κ1) is 18.8. The third kappa shape index (κ3) is 4.23. The molecule has 1 saturated heterocycles. The van der Waals surface area contributed by atoms with Crippen molar-refractivity contribution in [3.8, 4) is 0 Å². The zero-order valence-electron chi connectivity index (χ0n) is 13.3. The van der Waals surface area contributed by atoms with Crippen LogP contribution >= 0.6 is 27.5 Å². The van der Waals surface area contributed by atoms with Crippen LogP contribution in [0.1, 0.15) is 5.56 Å². The number of rotatable bonds is 4. The molecule has 134 valence electrons. The van der Waals surface area contributed by atoms with E-state index in [1.807, 2.05) is 0 Å². The van der Waals surface area contributed by atoms with E-state index in [-0.39, 0.29) is 15.7 Å². The molecular weight excluding hydrogens is 431 g/mol. The van der Waals surface area contributed by atoms with Gasteiger partial charge < -0.3 is 0 Å². The average Bonchev–Trinajstić information content (AvgIpc) is 2.58. The van der Waals surface area contributed by atoms with Crippen molar-refractivity contribution in [2.24, 2.45) is 0 Å². The molecule has 0 saturated carbocycles. The van der Waals surface area contributed by atoms with E-state index in [1.54, 1.807) is 24.3 Å². The second-order valence-electron chi connectivity index (χ2n) is 5.85. The summed E-state index contributed by atoms with van der Waals surface area (Å²) in [5.74, 6) is -0.286. The van der Waals surface area contributed by atoms with Gasteiger partial charge >= 0.3 is 0 Å². The fraction of sp³-hybridized carbons (Fsp3) is 0.294. The predicted octanol–water partition coefficient (Wildman–Crippen LogP) is 3.75. The van der Waals surface area contributed by atoms with Crippen LogP contribution in [0.5, 0.6) is 0 Å². The Morgan fingerprint density at radius 1 is 1.08 bits per heavy atom. The highest BCUT2D eigenvalue weighted by molar-refractivity contribution is 9.10. The summed E-state index contributed by atoms with van der Waals surface area (Å²) < 4.78 is 40.8. The van der Waals surface area contributed by atoms with Gasteiger partial charge in [0.1, 0.15) is 10.7 Å². The van der Waals surface area contributed by atoms with Crippen LogP contribution in [0.15, 0.2) is 51.8 Å². The molecular formula is C17H17BrClFN2O2S. The van der Waals surface area contributed by atoms with Gasteiger partial charge in [-0.15, -0.1) is 0 Å². The van der Waals surface area contributed by atoms with Crippen molar-refractivity contribution in [1.29, 1.82) is 0 Å². The lowest BCUT2D eigenvalue weighted by molar-refractivity contribution is 0.181. The smallest absolute Gasteiger partial charge is 0.244 e. The first-order valence-electron chi connectivity index (χ1n) is 7.79. The van der Waals surface area contributed by atoms with Crippen LogP contribution in [0.2, 0.25) is 5.02 Å². The molecule has 0 aliphatic carbocycles. The van der Waals surface area contributed by atoms with E-state index in [0.717, 1.165) is 10.0 Å². The third-order valence-corrected chi connectivity index (χ3v) is 7.33. The maximum atomic E-state index is 13.2. The number of hydrogen-bond acceptors (Lipinski definition) is 3. The fourth-order valence-electron chi connectivity index (χ4n) is 2.81. The normalized spacial score (nSPS) is 16.9. The van der Waals surface area contributed by atoms with Crippen LogP contribution < -0.4 is 0 Å². The van der Waals surface area contributed by atoms with Crippen molar-refractivity contribution >= 4 is 37.6 Å². The highest BCUT2D eigenvalue weighted by Gasteiger charge is 2.29. The first-order valence-corrected chi connectivity index (χ1v) is 10.4. The molecule has 2 aromatic rings. The summed E-state index contributed by atoms with van der Waals surface area (Å²) in [7, 11) is -3.59.